The van der Waals surface area contributed by atoms with Gasteiger partial charge < -0.3 is 9.80 Å². The molecule has 1 aliphatic heterocycles. The van der Waals surface area contributed by atoms with Crippen molar-refractivity contribution in [3.63, 3.8) is 0 Å². The monoisotopic (exact) mass is 266 g/mol. The molecular formula is C16H30N2O. The van der Waals surface area contributed by atoms with Crippen LogP contribution in [-0.4, -0.2) is 41.5 Å². The van der Waals surface area contributed by atoms with E-state index in [-0.39, 0.29) is 0 Å². The fourth-order valence-corrected chi connectivity index (χ4v) is 3.44. The predicted octanol–water partition coefficient (Wildman–Crippen LogP) is 3.88. The van der Waals surface area contributed by atoms with Crippen LogP contribution in [0.15, 0.2) is 0 Å². The number of urea groups is 1. The number of carbonyl (C=O) groups excluding carboxylic acids is 1. The predicted molar refractivity (Wildman–Crippen MR) is 79.2 cm³/mol. The highest BCUT2D eigenvalue weighted by Crippen LogP contribution is 2.26. The Morgan fingerprint density at radius 1 is 1.05 bits per heavy atom. The summed E-state index contributed by atoms with van der Waals surface area (Å²) in [7, 11) is 0. The van der Waals surface area contributed by atoms with Crippen molar-refractivity contribution in [2.75, 3.05) is 19.6 Å². The van der Waals surface area contributed by atoms with Crippen LogP contribution in [0.25, 0.3) is 0 Å². The van der Waals surface area contributed by atoms with Crippen LogP contribution in [0, 0.1) is 5.92 Å². The molecule has 3 nitrogen and oxygen atoms in total. The highest BCUT2D eigenvalue weighted by atomic mass is 16.2. The zero-order valence-electron chi connectivity index (χ0n) is 12.7. The zero-order chi connectivity index (χ0) is 13.7. The molecule has 2 amide bonds. The lowest BCUT2D eigenvalue weighted by Gasteiger charge is -2.35. The van der Waals surface area contributed by atoms with Gasteiger partial charge >= 0.3 is 6.03 Å². The van der Waals surface area contributed by atoms with Crippen molar-refractivity contribution in [2.45, 2.75) is 71.3 Å². The van der Waals surface area contributed by atoms with Crippen molar-refractivity contribution in [1.29, 1.82) is 0 Å². The summed E-state index contributed by atoms with van der Waals surface area (Å²) in [5.41, 5.74) is 0. The molecule has 0 atom stereocenters. The Bertz CT molecular complexity index is 276. The van der Waals surface area contributed by atoms with Crippen molar-refractivity contribution in [1.82, 2.24) is 9.80 Å². The minimum atomic E-state index is 0.322. The summed E-state index contributed by atoms with van der Waals surface area (Å²) in [5.74, 6) is 0.566. The molecule has 0 radical (unpaired) electrons. The maximum Gasteiger partial charge on any atom is 0.320 e. The van der Waals surface area contributed by atoms with Gasteiger partial charge in [0.1, 0.15) is 0 Å². The lowest BCUT2D eigenvalue weighted by atomic mass is 10.1. The van der Waals surface area contributed by atoms with Crippen molar-refractivity contribution < 1.29 is 4.79 Å². The van der Waals surface area contributed by atoms with Gasteiger partial charge in [0.25, 0.3) is 0 Å². The van der Waals surface area contributed by atoms with Gasteiger partial charge in [-0.1, -0.05) is 39.5 Å². The third-order valence-electron chi connectivity index (χ3n) is 4.45. The summed E-state index contributed by atoms with van der Waals surface area (Å²) in [5, 5.41) is 0. The molecule has 0 bridgehead atoms. The molecule has 2 aliphatic rings. The lowest BCUT2D eigenvalue weighted by molar-refractivity contribution is 0.127. The number of carbonyl (C=O) groups is 1. The molecule has 0 aromatic rings. The van der Waals surface area contributed by atoms with E-state index < -0.39 is 0 Å². The summed E-state index contributed by atoms with van der Waals surface area (Å²) in [6.07, 6.45) is 9.98. The molecule has 110 valence electrons. The molecular weight excluding hydrogens is 236 g/mol. The SMILES string of the molecule is CC(C)CN(C(=O)N1CCCCCC1)C1CCCC1. The summed E-state index contributed by atoms with van der Waals surface area (Å²) in [4.78, 5) is 17.1. The summed E-state index contributed by atoms with van der Waals surface area (Å²) in [6.45, 7) is 7.32. The van der Waals surface area contributed by atoms with E-state index in [0.717, 1.165) is 19.6 Å². The van der Waals surface area contributed by atoms with E-state index in [9.17, 15) is 4.79 Å². The third-order valence-corrected chi connectivity index (χ3v) is 4.45. The van der Waals surface area contributed by atoms with Gasteiger partial charge in [0, 0.05) is 25.7 Å². The normalized spacial score (nSPS) is 21.7. The molecule has 3 heteroatoms. The Morgan fingerprint density at radius 2 is 1.63 bits per heavy atom. The smallest absolute Gasteiger partial charge is 0.320 e. The molecule has 0 spiro atoms. The van der Waals surface area contributed by atoms with Crippen LogP contribution in [0.3, 0.4) is 0 Å². The van der Waals surface area contributed by atoms with E-state index >= 15 is 0 Å². The third kappa shape index (κ3) is 4.12. The molecule has 0 aromatic heterocycles. The molecule has 19 heavy (non-hydrogen) atoms. The first-order valence-corrected chi connectivity index (χ1v) is 8.24. The van der Waals surface area contributed by atoms with Crippen molar-refractivity contribution in [3.8, 4) is 0 Å². The zero-order valence-corrected chi connectivity index (χ0v) is 12.7. The molecule has 1 saturated heterocycles. The average Bonchev–Trinajstić information content (AvgIpc) is 2.77. The fourth-order valence-electron chi connectivity index (χ4n) is 3.44. The maximum absolute atomic E-state index is 12.8. The van der Waals surface area contributed by atoms with Gasteiger partial charge in [-0.25, -0.2) is 4.79 Å². The first kappa shape index (κ1) is 14.7. The van der Waals surface area contributed by atoms with Gasteiger partial charge in [-0.2, -0.15) is 0 Å². The number of hydrogen-bond acceptors (Lipinski definition) is 1. The average molecular weight is 266 g/mol. The van der Waals surface area contributed by atoms with Gasteiger partial charge in [0.2, 0.25) is 0 Å². The van der Waals surface area contributed by atoms with Crippen LogP contribution in [0.2, 0.25) is 0 Å². The van der Waals surface area contributed by atoms with E-state index in [1.807, 2.05) is 0 Å². The van der Waals surface area contributed by atoms with E-state index in [4.69, 9.17) is 0 Å². The standard InChI is InChI=1S/C16H30N2O/c1-14(2)13-18(15-9-5-6-10-15)16(19)17-11-7-3-4-8-12-17/h14-15H,3-13H2,1-2H3. The highest BCUT2D eigenvalue weighted by Gasteiger charge is 2.30. The number of likely N-dealkylation sites (tertiary alicyclic amines) is 1. The first-order valence-electron chi connectivity index (χ1n) is 8.24. The van der Waals surface area contributed by atoms with Gasteiger partial charge in [0.15, 0.2) is 0 Å². The summed E-state index contributed by atoms with van der Waals surface area (Å²) >= 11 is 0. The van der Waals surface area contributed by atoms with Crippen LogP contribution in [0.4, 0.5) is 4.79 Å². The summed E-state index contributed by atoms with van der Waals surface area (Å²) < 4.78 is 0. The van der Waals surface area contributed by atoms with Gasteiger partial charge in [0.05, 0.1) is 0 Å². The molecule has 1 aliphatic carbocycles. The number of amides is 2. The Morgan fingerprint density at radius 3 is 2.16 bits per heavy atom. The first-order chi connectivity index (χ1) is 9.18. The van der Waals surface area contributed by atoms with Crippen LogP contribution < -0.4 is 0 Å². The second-order valence-corrected chi connectivity index (χ2v) is 6.67. The number of nitrogens with zero attached hydrogens (tertiary/aromatic N) is 2. The molecule has 1 saturated carbocycles. The topological polar surface area (TPSA) is 23.6 Å². The van der Waals surface area contributed by atoms with Crippen molar-refractivity contribution >= 4 is 6.03 Å². The number of hydrogen-bond donors (Lipinski definition) is 0. The van der Waals surface area contributed by atoms with Gasteiger partial charge in [-0.15, -0.1) is 0 Å². The van der Waals surface area contributed by atoms with Gasteiger partial charge in [-0.3, -0.25) is 0 Å². The van der Waals surface area contributed by atoms with Crippen molar-refractivity contribution in [2.24, 2.45) is 5.92 Å². The Hall–Kier alpha value is -0.730. The minimum absolute atomic E-state index is 0.322. The Kier molecular flexibility index (Phi) is 5.53. The molecule has 0 N–H and O–H groups in total. The second kappa shape index (κ2) is 7.16. The molecule has 2 fully saturated rings. The maximum atomic E-state index is 12.8. The molecule has 0 aromatic carbocycles. The second-order valence-electron chi connectivity index (χ2n) is 6.67. The summed E-state index contributed by atoms with van der Waals surface area (Å²) in [6, 6.07) is 0.834. The van der Waals surface area contributed by atoms with Gasteiger partial charge in [-0.05, 0) is 31.6 Å². The van der Waals surface area contributed by atoms with E-state index in [1.165, 1.54) is 51.4 Å². The Balaban J connectivity index is 2.00. The molecule has 2 rings (SSSR count). The van der Waals surface area contributed by atoms with Crippen LogP contribution in [0.1, 0.15) is 65.2 Å². The van der Waals surface area contributed by atoms with E-state index in [0.29, 0.717) is 18.0 Å². The quantitative estimate of drug-likeness (QED) is 0.760. The van der Waals surface area contributed by atoms with Crippen LogP contribution in [-0.2, 0) is 0 Å². The van der Waals surface area contributed by atoms with E-state index in [2.05, 4.69) is 23.6 Å². The van der Waals surface area contributed by atoms with E-state index in [1.54, 1.807) is 0 Å². The largest absolute Gasteiger partial charge is 0.325 e. The minimum Gasteiger partial charge on any atom is -0.325 e. The Labute approximate surface area is 118 Å². The van der Waals surface area contributed by atoms with Crippen molar-refractivity contribution in [3.05, 3.63) is 0 Å². The fraction of sp³-hybridized carbons (Fsp3) is 0.938. The van der Waals surface area contributed by atoms with Crippen LogP contribution in [0.5, 0.6) is 0 Å². The highest BCUT2D eigenvalue weighted by molar-refractivity contribution is 5.75. The lowest BCUT2D eigenvalue weighted by Crippen LogP contribution is -2.49. The molecule has 0 unspecified atom stereocenters. The number of rotatable bonds is 3. The van der Waals surface area contributed by atoms with Crippen LogP contribution >= 0.6 is 0 Å². The molecule has 1 heterocycles.